The molecule has 6 heteroatoms. The number of likely N-dealkylation sites (N-methyl/N-ethyl adjacent to an activating group) is 1. The van der Waals surface area contributed by atoms with Crippen molar-refractivity contribution in [3.63, 3.8) is 0 Å². The highest BCUT2D eigenvalue weighted by Crippen LogP contribution is 2.13. The van der Waals surface area contributed by atoms with Crippen LogP contribution in [0.4, 0.5) is 10.5 Å². The summed E-state index contributed by atoms with van der Waals surface area (Å²) >= 11 is 5.76. The molecule has 0 saturated heterocycles. The van der Waals surface area contributed by atoms with E-state index in [0.29, 0.717) is 10.7 Å². The lowest BCUT2D eigenvalue weighted by Crippen LogP contribution is -3.09. The van der Waals surface area contributed by atoms with Gasteiger partial charge in [-0.2, -0.15) is 0 Å². The van der Waals surface area contributed by atoms with E-state index < -0.39 is 6.09 Å². The van der Waals surface area contributed by atoms with Crippen molar-refractivity contribution in [3.05, 3.63) is 41.1 Å². The molecule has 1 heterocycles. The van der Waals surface area contributed by atoms with Crippen LogP contribution < -0.4 is 15.7 Å². The SMILES string of the molecule is C[NH+]1CC=C(NOC(=O)Nc2ccc(Cl)cc2)CC1. The van der Waals surface area contributed by atoms with E-state index >= 15 is 0 Å². The highest BCUT2D eigenvalue weighted by atomic mass is 35.5. The van der Waals surface area contributed by atoms with E-state index in [4.69, 9.17) is 16.4 Å². The second kappa shape index (κ2) is 6.45. The standard InChI is InChI=1S/C13H16ClN3O2/c1-17-8-6-12(7-9-17)16-19-13(18)15-11-4-2-10(14)3-5-11/h2-6,16H,7-9H2,1H3,(H,15,18)/p+1. The third kappa shape index (κ3) is 4.46. The third-order valence-electron chi connectivity index (χ3n) is 2.88. The van der Waals surface area contributed by atoms with Crippen LogP contribution in [0.1, 0.15) is 6.42 Å². The molecule has 0 radical (unpaired) electrons. The van der Waals surface area contributed by atoms with Gasteiger partial charge in [-0.1, -0.05) is 11.6 Å². The molecule has 1 aromatic carbocycles. The topological polar surface area (TPSA) is 54.8 Å². The van der Waals surface area contributed by atoms with Crippen LogP contribution in [0.15, 0.2) is 36.0 Å². The molecule has 0 spiro atoms. The van der Waals surface area contributed by atoms with Crippen LogP contribution in [0.3, 0.4) is 0 Å². The highest BCUT2D eigenvalue weighted by molar-refractivity contribution is 6.30. The summed E-state index contributed by atoms with van der Waals surface area (Å²) in [6.07, 6.45) is 2.36. The number of hydrogen-bond donors (Lipinski definition) is 3. The van der Waals surface area contributed by atoms with Crippen molar-refractivity contribution in [2.24, 2.45) is 0 Å². The van der Waals surface area contributed by atoms with Crippen LogP contribution in [0.25, 0.3) is 0 Å². The number of quaternary nitrogens is 1. The van der Waals surface area contributed by atoms with E-state index in [9.17, 15) is 4.79 Å². The summed E-state index contributed by atoms with van der Waals surface area (Å²) in [5.74, 6) is 0. The minimum atomic E-state index is -0.547. The Morgan fingerprint density at radius 1 is 1.37 bits per heavy atom. The Balaban J connectivity index is 1.77. The lowest BCUT2D eigenvalue weighted by atomic mass is 10.2. The lowest BCUT2D eigenvalue weighted by molar-refractivity contribution is -0.875. The maximum atomic E-state index is 11.5. The Bertz CT molecular complexity index is 473. The molecular formula is C13H17ClN3O2+. The Morgan fingerprint density at radius 2 is 2.11 bits per heavy atom. The van der Waals surface area contributed by atoms with Crippen molar-refractivity contribution in [3.8, 4) is 0 Å². The maximum Gasteiger partial charge on any atom is 0.435 e. The summed E-state index contributed by atoms with van der Waals surface area (Å²) < 4.78 is 0. The molecule has 1 aliphatic rings. The Labute approximate surface area is 117 Å². The van der Waals surface area contributed by atoms with Gasteiger partial charge in [0.25, 0.3) is 0 Å². The number of halogens is 1. The van der Waals surface area contributed by atoms with Gasteiger partial charge in [0.05, 0.1) is 25.8 Å². The Morgan fingerprint density at radius 3 is 2.74 bits per heavy atom. The number of carbonyl (C=O) groups excluding carboxylic acids is 1. The van der Waals surface area contributed by atoms with E-state index in [1.807, 2.05) is 6.08 Å². The molecule has 0 fully saturated rings. The predicted octanol–water partition coefficient (Wildman–Crippen LogP) is 1.20. The molecule has 0 saturated carbocycles. The van der Waals surface area contributed by atoms with Crippen LogP contribution in [0, 0.1) is 0 Å². The average molecular weight is 283 g/mol. The molecule has 2 rings (SSSR count). The summed E-state index contributed by atoms with van der Waals surface area (Å²) in [5.41, 5.74) is 4.26. The van der Waals surface area contributed by atoms with Crippen molar-refractivity contribution in [2.45, 2.75) is 6.42 Å². The zero-order valence-corrected chi connectivity index (χ0v) is 11.5. The summed E-state index contributed by atoms with van der Waals surface area (Å²) in [7, 11) is 2.13. The number of anilines is 1. The molecule has 3 N–H and O–H groups in total. The molecule has 0 bridgehead atoms. The lowest BCUT2D eigenvalue weighted by Gasteiger charge is -2.19. The first-order valence-electron chi connectivity index (χ1n) is 6.13. The minimum Gasteiger partial charge on any atom is -0.334 e. The third-order valence-corrected chi connectivity index (χ3v) is 3.14. The fraction of sp³-hybridized carbons (Fsp3) is 0.308. The van der Waals surface area contributed by atoms with E-state index in [0.717, 1.165) is 25.2 Å². The molecule has 0 aromatic heterocycles. The zero-order valence-electron chi connectivity index (χ0n) is 10.7. The smallest absolute Gasteiger partial charge is 0.334 e. The zero-order chi connectivity index (χ0) is 13.7. The number of nitrogens with one attached hydrogen (secondary N) is 3. The second-order valence-corrected chi connectivity index (χ2v) is 4.95. The van der Waals surface area contributed by atoms with Gasteiger partial charge in [0, 0.05) is 17.1 Å². The van der Waals surface area contributed by atoms with E-state index in [-0.39, 0.29) is 0 Å². The van der Waals surface area contributed by atoms with Gasteiger partial charge in [-0.05, 0) is 30.3 Å². The van der Waals surface area contributed by atoms with Crippen molar-refractivity contribution in [2.75, 3.05) is 25.5 Å². The fourth-order valence-corrected chi connectivity index (χ4v) is 1.86. The molecule has 1 atom stereocenters. The largest absolute Gasteiger partial charge is 0.435 e. The van der Waals surface area contributed by atoms with E-state index in [1.165, 1.54) is 4.90 Å². The monoisotopic (exact) mass is 282 g/mol. The van der Waals surface area contributed by atoms with Crippen molar-refractivity contribution < 1.29 is 14.5 Å². The van der Waals surface area contributed by atoms with Gasteiger partial charge in [0.1, 0.15) is 0 Å². The van der Waals surface area contributed by atoms with E-state index in [2.05, 4.69) is 17.8 Å². The molecule has 1 aliphatic heterocycles. The van der Waals surface area contributed by atoms with Crippen LogP contribution in [-0.2, 0) is 4.84 Å². The fourth-order valence-electron chi connectivity index (χ4n) is 1.73. The average Bonchev–Trinajstić information content (AvgIpc) is 2.41. The molecule has 1 amide bonds. The van der Waals surface area contributed by atoms with Gasteiger partial charge in [-0.15, -0.1) is 0 Å². The summed E-state index contributed by atoms with van der Waals surface area (Å²) in [6, 6.07) is 6.82. The van der Waals surface area contributed by atoms with Crippen molar-refractivity contribution in [1.82, 2.24) is 5.48 Å². The first kappa shape index (κ1) is 13.7. The van der Waals surface area contributed by atoms with Crippen molar-refractivity contribution >= 4 is 23.4 Å². The maximum absolute atomic E-state index is 11.5. The molecule has 1 unspecified atom stereocenters. The van der Waals surface area contributed by atoms with Crippen LogP contribution >= 0.6 is 11.6 Å². The van der Waals surface area contributed by atoms with Gasteiger partial charge >= 0.3 is 6.09 Å². The second-order valence-electron chi connectivity index (χ2n) is 4.51. The van der Waals surface area contributed by atoms with Gasteiger partial charge in [0.15, 0.2) is 0 Å². The summed E-state index contributed by atoms with van der Waals surface area (Å²) in [4.78, 5) is 17.9. The number of benzene rings is 1. The Kier molecular flexibility index (Phi) is 4.65. The number of amides is 1. The summed E-state index contributed by atoms with van der Waals surface area (Å²) in [6.45, 7) is 1.96. The molecule has 5 nitrogen and oxygen atoms in total. The van der Waals surface area contributed by atoms with Gasteiger partial charge in [0.2, 0.25) is 0 Å². The number of hydroxylamine groups is 1. The summed E-state index contributed by atoms with van der Waals surface area (Å²) in [5, 5.41) is 3.22. The quantitative estimate of drug-likeness (QED) is 0.730. The molecule has 1 aromatic rings. The molecule has 102 valence electrons. The van der Waals surface area contributed by atoms with Crippen LogP contribution in [0.2, 0.25) is 5.02 Å². The van der Waals surface area contributed by atoms with Crippen LogP contribution in [-0.4, -0.2) is 26.2 Å². The van der Waals surface area contributed by atoms with Crippen molar-refractivity contribution in [1.29, 1.82) is 0 Å². The predicted molar refractivity (Wildman–Crippen MR) is 74.0 cm³/mol. The first-order chi connectivity index (χ1) is 9.13. The Hall–Kier alpha value is -1.72. The number of rotatable bonds is 3. The molecular weight excluding hydrogens is 266 g/mol. The molecule has 0 aliphatic carbocycles. The normalized spacial score (nSPS) is 18.4. The van der Waals surface area contributed by atoms with Gasteiger partial charge in [-0.3, -0.25) is 5.32 Å². The van der Waals surface area contributed by atoms with Gasteiger partial charge in [-0.25, -0.2) is 10.3 Å². The number of hydrogen-bond acceptors (Lipinski definition) is 3. The van der Waals surface area contributed by atoms with E-state index in [1.54, 1.807) is 24.3 Å². The number of carbonyl (C=O) groups is 1. The first-order valence-corrected chi connectivity index (χ1v) is 6.51. The van der Waals surface area contributed by atoms with Gasteiger partial charge < -0.3 is 9.74 Å². The molecule has 19 heavy (non-hydrogen) atoms. The minimum absolute atomic E-state index is 0.547. The highest BCUT2D eigenvalue weighted by Gasteiger charge is 2.12. The van der Waals surface area contributed by atoms with Crippen LogP contribution in [0.5, 0.6) is 0 Å².